The van der Waals surface area contributed by atoms with Crippen molar-refractivity contribution in [3.05, 3.63) is 54.1 Å². The molecule has 2 aromatic carbocycles. The van der Waals surface area contributed by atoms with Crippen molar-refractivity contribution in [1.29, 1.82) is 0 Å². The molecule has 2 amide bonds. The Morgan fingerprint density at radius 1 is 1.00 bits per heavy atom. The highest BCUT2D eigenvalue weighted by molar-refractivity contribution is 5.83. The van der Waals surface area contributed by atoms with Gasteiger partial charge in [0.1, 0.15) is 5.75 Å². The van der Waals surface area contributed by atoms with Gasteiger partial charge in [0.05, 0.1) is 13.0 Å². The summed E-state index contributed by atoms with van der Waals surface area (Å²) in [6.07, 6.45) is 2.87. The fourth-order valence-corrected chi connectivity index (χ4v) is 4.38. The van der Waals surface area contributed by atoms with E-state index in [1.165, 1.54) is 0 Å². The maximum atomic E-state index is 13.4. The Balaban J connectivity index is 1.93. The molecule has 1 saturated heterocycles. The lowest BCUT2D eigenvalue weighted by atomic mass is 9.91. The molecule has 1 fully saturated rings. The Morgan fingerprint density at radius 3 is 2.42 bits per heavy atom. The van der Waals surface area contributed by atoms with Crippen LogP contribution in [0.2, 0.25) is 0 Å². The Bertz CT molecular complexity index is 896. The molecule has 0 spiro atoms. The second-order valence-electron chi connectivity index (χ2n) is 8.17. The minimum Gasteiger partial charge on any atom is -0.496 e. The Kier molecular flexibility index (Phi) is 8.10. The van der Waals surface area contributed by atoms with Crippen molar-refractivity contribution in [2.45, 2.75) is 39.5 Å². The number of amides is 2. The van der Waals surface area contributed by atoms with Crippen LogP contribution in [0.25, 0.3) is 11.1 Å². The fourth-order valence-electron chi connectivity index (χ4n) is 4.38. The third-order valence-electron chi connectivity index (χ3n) is 5.93. The maximum Gasteiger partial charge on any atom is 0.227 e. The van der Waals surface area contributed by atoms with Gasteiger partial charge < -0.3 is 14.5 Å². The summed E-state index contributed by atoms with van der Waals surface area (Å²) in [6, 6.07) is 16.2. The molecule has 3 rings (SSSR count). The molecule has 0 aliphatic carbocycles. The third kappa shape index (κ3) is 5.46. The van der Waals surface area contributed by atoms with Gasteiger partial charge in [-0.25, -0.2) is 0 Å². The van der Waals surface area contributed by atoms with Crippen LogP contribution < -0.4 is 4.74 Å². The molecule has 166 valence electrons. The SMILES string of the molecule is CCCC(=O)N1CCN(CCC)C(=O)[C@H](Cc2ccccc2-c2ccccc2OC)C1. The molecular formula is C26H34N2O3. The maximum absolute atomic E-state index is 13.4. The number of rotatable bonds is 8. The van der Waals surface area contributed by atoms with E-state index < -0.39 is 0 Å². The summed E-state index contributed by atoms with van der Waals surface area (Å²) < 4.78 is 5.58. The first-order valence-electron chi connectivity index (χ1n) is 11.4. The van der Waals surface area contributed by atoms with Gasteiger partial charge in [0, 0.05) is 38.2 Å². The average molecular weight is 423 g/mol. The summed E-state index contributed by atoms with van der Waals surface area (Å²) >= 11 is 0. The summed E-state index contributed by atoms with van der Waals surface area (Å²) in [6.45, 7) is 6.56. The summed E-state index contributed by atoms with van der Waals surface area (Å²) in [5, 5.41) is 0. The van der Waals surface area contributed by atoms with E-state index in [0.717, 1.165) is 41.8 Å². The number of para-hydroxylation sites is 1. The highest BCUT2D eigenvalue weighted by Crippen LogP contribution is 2.33. The average Bonchev–Trinajstić information content (AvgIpc) is 2.94. The first kappa shape index (κ1) is 22.9. The van der Waals surface area contributed by atoms with E-state index >= 15 is 0 Å². The zero-order valence-electron chi connectivity index (χ0n) is 19.0. The molecule has 5 nitrogen and oxygen atoms in total. The molecule has 0 bridgehead atoms. The summed E-state index contributed by atoms with van der Waals surface area (Å²) in [7, 11) is 1.68. The molecular weight excluding hydrogens is 388 g/mol. The molecule has 5 heteroatoms. The van der Waals surface area contributed by atoms with Crippen molar-refractivity contribution in [3.63, 3.8) is 0 Å². The van der Waals surface area contributed by atoms with Gasteiger partial charge in [-0.3, -0.25) is 9.59 Å². The predicted octanol–water partition coefficient (Wildman–Crippen LogP) is 4.40. The standard InChI is InChI=1S/C26H34N2O3/c1-4-10-25(29)28-17-16-27(15-5-2)26(30)21(19-28)18-20-11-6-7-12-22(20)23-13-8-9-14-24(23)31-3/h6-9,11-14,21H,4-5,10,15-19H2,1-3H3/t21-/m1/s1. The normalized spacial score (nSPS) is 16.9. The van der Waals surface area contributed by atoms with E-state index in [-0.39, 0.29) is 17.7 Å². The van der Waals surface area contributed by atoms with Crippen LogP contribution in [-0.4, -0.2) is 54.9 Å². The molecule has 1 aliphatic rings. The molecule has 0 N–H and O–H groups in total. The summed E-state index contributed by atoms with van der Waals surface area (Å²) in [5.74, 6) is 0.875. The van der Waals surface area contributed by atoms with Crippen LogP contribution in [0.15, 0.2) is 48.5 Å². The van der Waals surface area contributed by atoms with Gasteiger partial charge in [-0.15, -0.1) is 0 Å². The highest BCUT2D eigenvalue weighted by Gasteiger charge is 2.32. The van der Waals surface area contributed by atoms with Crippen LogP contribution in [0.3, 0.4) is 0 Å². The van der Waals surface area contributed by atoms with Gasteiger partial charge in [-0.1, -0.05) is 56.3 Å². The molecule has 0 radical (unpaired) electrons. The van der Waals surface area contributed by atoms with Gasteiger partial charge in [0.15, 0.2) is 0 Å². The van der Waals surface area contributed by atoms with E-state index in [0.29, 0.717) is 32.5 Å². The van der Waals surface area contributed by atoms with Gasteiger partial charge >= 0.3 is 0 Å². The molecule has 1 heterocycles. The van der Waals surface area contributed by atoms with Crippen LogP contribution in [0.1, 0.15) is 38.7 Å². The van der Waals surface area contributed by atoms with Gasteiger partial charge in [0.25, 0.3) is 0 Å². The van der Waals surface area contributed by atoms with E-state index in [2.05, 4.69) is 19.1 Å². The number of carbonyl (C=O) groups excluding carboxylic acids is 2. The minimum absolute atomic E-state index is 0.150. The first-order valence-corrected chi connectivity index (χ1v) is 11.4. The smallest absolute Gasteiger partial charge is 0.227 e. The van der Waals surface area contributed by atoms with Crippen LogP contribution in [0, 0.1) is 5.92 Å². The number of methoxy groups -OCH3 is 1. The third-order valence-corrected chi connectivity index (χ3v) is 5.93. The first-order chi connectivity index (χ1) is 15.1. The summed E-state index contributed by atoms with van der Waals surface area (Å²) in [4.78, 5) is 29.9. The van der Waals surface area contributed by atoms with Crippen LogP contribution >= 0.6 is 0 Å². The number of nitrogens with zero attached hydrogens (tertiary/aromatic N) is 2. The minimum atomic E-state index is -0.245. The molecule has 0 aromatic heterocycles. The number of hydrogen-bond donors (Lipinski definition) is 0. The molecule has 0 unspecified atom stereocenters. The van der Waals surface area contributed by atoms with Gasteiger partial charge in [0.2, 0.25) is 11.8 Å². The monoisotopic (exact) mass is 422 g/mol. The van der Waals surface area contributed by atoms with Gasteiger partial charge in [-0.05, 0) is 36.5 Å². The van der Waals surface area contributed by atoms with Gasteiger partial charge in [-0.2, -0.15) is 0 Å². The topological polar surface area (TPSA) is 49.9 Å². The predicted molar refractivity (Wildman–Crippen MR) is 124 cm³/mol. The quantitative estimate of drug-likeness (QED) is 0.633. The van der Waals surface area contributed by atoms with E-state index in [1.807, 2.05) is 53.1 Å². The van der Waals surface area contributed by atoms with E-state index in [4.69, 9.17) is 4.74 Å². The fraction of sp³-hybridized carbons (Fsp3) is 0.462. The number of carbonyl (C=O) groups is 2. The largest absolute Gasteiger partial charge is 0.496 e. The second-order valence-corrected chi connectivity index (χ2v) is 8.17. The summed E-state index contributed by atoms with van der Waals surface area (Å²) in [5.41, 5.74) is 3.20. The van der Waals surface area contributed by atoms with Crippen molar-refractivity contribution < 1.29 is 14.3 Å². The van der Waals surface area contributed by atoms with Crippen LogP contribution in [0.5, 0.6) is 5.75 Å². The number of hydrogen-bond acceptors (Lipinski definition) is 3. The zero-order chi connectivity index (χ0) is 22.2. The molecule has 31 heavy (non-hydrogen) atoms. The van der Waals surface area contributed by atoms with Crippen LogP contribution in [0.4, 0.5) is 0 Å². The molecule has 1 atom stereocenters. The Hall–Kier alpha value is -2.82. The second kappa shape index (κ2) is 11.0. The van der Waals surface area contributed by atoms with Crippen molar-refractivity contribution in [3.8, 4) is 16.9 Å². The lowest BCUT2D eigenvalue weighted by Crippen LogP contribution is -2.38. The lowest BCUT2D eigenvalue weighted by molar-refractivity contribution is -0.135. The number of benzene rings is 2. The highest BCUT2D eigenvalue weighted by atomic mass is 16.5. The number of ether oxygens (including phenoxy) is 1. The zero-order valence-corrected chi connectivity index (χ0v) is 19.0. The lowest BCUT2D eigenvalue weighted by Gasteiger charge is -2.25. The van der Waals surface area contributed by atoms with Crippen molar-refractivity contribution in [1.82, 2.24) is 9.80 Å². The van der Waals surface area contributed by atoms with Crippen LogP contribution in [-0.2, 0) is 16.0 Å². The van der Waals surface area contributed by atoms with E-state index in [1.54, 1.807) is 7.11 Å². The van der Waals surface area contributed by atoms with Crippen molar-refractivity contribution in [2.75, 3.05) is 33.3 Å². The van der Waals surface area contributed by atoms with E-state index in [9.17, 15) is 9.59 Å². The van der Waals surface area contributed by atoms with Crippen molar-refractivity contribution >= 4 is 11.8 Å². The molecule has 0 saturated carbocycles. The van der Waals surface area contributed by atoms with Crippen molar-refractivity contribution in [2.24, 2.45) is 5.92 Å². The molecule has 2 aromatic rings. The Labute approximate surface area is 186 Å². The Morgan fingerprint density at radius 2 is 1.71 bits per heavy atom. The molecule has 1 aliphatic heterocycles.